The Balaban J connectivity index is 2.10. The predicted octanol–water partition coefficient (Wildman–Crippen LogP) is 1.31. The van der Waals surface area contributed by atoms with Crippen molar-refractivity contribution in [3.63, 3.8) is 0 Å². The molecule has 0 aliphatic carbocycles. The second-order valence-electron chi connectivity index (χ2n) is 4.62. The molecule has 1 fully saturated rings. The van der Waals surface area contributed by atoms with Crippen molar-refractivity contribution >= 4 is 15.7 Å². The lowest BCUT2D eigenvalue weighted by Crippen LogP contribution is -2.32. The van der Waals surface area contributed by atoms with Crippen LogP contribution in [0.25, 0.3) is 0 Å². The molecule has 1 aliphatic heterocycles. The fourth-order valence-corrected chi connectivity index (χ4v) is 2.69. The number of anilines is 1. The highest BCUT2D eigenvalue weighted by molar-refractivity contribution is 7.89. The maximum absolute atomic E-state index is 11.3. The standard InChI is InChI=1S/C12H18N2O3S/c1-9-7-11(5-6-17-9)14-10-3-2-4-12(8-10)18(13,15)16/h2-4,8-9,11,14H,5-7H2,1H3,(H2,13,15,16). The minimum Gasteiger partial charge on any atom is -0.382 e. The fourth-order valence-electron chi connectivity index (χ4n) is 2.13. The molecule has 1 heterocycles. The van der Waals surface area contributed by atoms with Gasteiger partial charge in [-0.1, -0.05) is 6.07 Å². The quantitative estimate of drug-likeness (QED) is 0.867. The molecule has 1 aromatic carbocycles. The van der Waals surface area contributed by atoms with Crippen LogP contribution in [0.4, 0.5) is 5.69 Å². The number of hydrogen-bond acceptors (Lipinski definition) is 4. The zero-order chi connectivity index (χ0) is 13.2. The van der Waals surface area contributed by atoms with Gasteiger partial charge >= 0.3 is 0 Å². The third-order valence-corrected chi connectivity index (χ3v) is 3.93. The lowest BCUT2D eigenvalue weighted by atomic mass is 10.0. The Morgan fingerprint density at radius 3 is 2.89 bits per heavy atom. The molecule has 2 atom stereocenters. The maximum atomic E-state index is 11.3. The molecule has 0 bridgehead atoms. The van der Waals surface area contributed by atoms with Crippen molar-refractivity contribution in [3.8, 4) is 0 Å². The number of nitrogens with two attached hydrogens (primary N) is 1. The van der Waals surface area contributed by atoms with Crippen LogP contribution in [0.1, 0.15) is 19.8 Å². The summed E-state index contributed by atoms with van der Waals surface area (Å²) in [6.07, 6.45) is 2.07. The van der Waals surface area contributed by atoms with Crippen molar-refractivity contribution in [1.29, 1.82) is 0 Å². The molecule has 0 aromatic heterocycles. The molecule has 6 heteroatoms. The minimum absolute atomic E-state index is 0.132. The van der Waals surface area contributed by atoms with Gasteiger partial charge < -0.3 is 10.1 Å². The topological polar surface area (TPSA) is 81.4 Å². The summed E-state index contributed by atoms with van der Waals surface area (Å²) in [5.74, 6) is 0. The Labute approximate surface area is 107 Å². The van der Waals surface area contributed by atoms with Crippen molar-refractivity contribution in [2.45, 2.75) is 36.8 Å². The molecule has 18 heavy (non-hydrogen) atoms. The summed E-state index contributed by atoms with van der Waals surface area (Å²) in [7, 11) is -3.64. The molecule has 1 saturated heterocycles. The largest absolute Gasteiger partial charge is 0.382 e. The zero-order valence-electron chi connectivity index (χ0n) is 10.3. The molecule has 5 nitrogen and oxygen atoms in total. The summed E-state index contributed by atoms with van der Waals surface area (Å²) in [5.41, 5.74) is 0.778. The van der Waals surface area contributed by atoms with Crippen LogP contribution in [0.15, 0.2) is 29.2 Å². The monoisotopic (exact) mass is 270 g/mol. The first-order chi connectivity index (χ1) is 8.45. The molecule has 2 rings (SSSR count). The Morgan fingerprint density at radius 2 is 2.22 bits per heavy atom. The van der Waals surface area contributed by atoms with Crippen LogP contribution >= 0.6 is 0 Å². The number of sulfonamides is 1. The van der Waals surface area contributed by atoms with Gasteiger partial charge in [0.15, 0.2) is 0 Å². The average molecular weight is 270 g/mol. The lowest BCUT2D eigenvalue weighted by molar-refractivity contribution is 0.0232. The van der Waals surface area contributed by atoms with Gasteiger partial charge in [-0.2, -0.15) is 0 Å². The smallest absolute Gasteiger partial charge is 0.238 e. The van der Waals surface area contributed by atoms with E-state index in [-0.39, 0.29) is 11.0 Å². The molecule has 0 saturated carbocycles. The van der Waals surface area contributed by atoms with Gasteiger partial charge in [0.2, 0.25) is 10.0 Å². The van der Waals surface area contributed by atoms with Crippen LogP contribution < -0.4 is 10.5 Å². The van der Waals surface area contributed by atoms with Crippen molar-refractivity contribution in [1.82, 2.24) is 0 Å². The second kappa shape index (κ2) is 5.26. The van der Waals surface area contributed by atoms with E-state index in [1.807, 2.05) is 13.0 Å². The molecule has 100 valence electrons. The van der Waals surface area contributed by atoms with Crippen molar-refractivity contribution in [3.05, 3.63) is 24.3 Å². The van der Waals surface area contributed by atoms with E-state index in [1.54, 1.807) is 12.1 Å². The number of nitrogens with one attached hydrogen (secondary N) is 1. The predicted molar refractivity (Wildman–Crippen MR) is 69.9 cm³/mol. The van der Waals surface area contributed by atoms with Crippen LogP contribution in [0.2, 0.25) is 0 Å². The van der Waals surface area contributed by atoms with Crippen molar-refractivity contribution in [2.75, 3.05) is 11.9 Å². The molecule has 0 radical (unpaired) electrons. The molecule has 1 aliphatic rings. The minimum atomic E-state index is -3.64. The zero-order valence-corrected chi connectivity index (χ0v) is 11.1. The average Bonchev–Trinajstić information content (AvgIpc) is 2.28. The molecular formula is C12H18N2O3S. The van der Waals surface area contributed by atoms with Crippen LogP contribution in [-0.2, 0) is 14.8 Å². The van der Waals surface area contributed by atoms with E-state index in [4.69, 9.17) is 9.88 Å². The van der Waals surface area contributed by atoms with E-state index in [0.717, 1.165) is 25.1 Å². The van der Waals surface area contributed by atoms with Gasteiger partial charge in [0.05, 0.1) is 11.0 Å². The van der Waals surface area contributed by atoms with Crippen LogP contribution in [0.3, 0.4) is 0 Å². The van der Waals surface area contributed by atoms with Gasteiger partial charge in [0.25, 0.3) is 0 Å². The molecule has 0 spiro atoms. The number of rotatable bonds is 3. The Morgan fingerprint density at radius 1 is 1.44 bits per heavy atom. The van der Waals surface area contributed by atoms with E-state index in [0.29, 0.717) is 6.04 Å². The van der Waals surface area contributed by atoms with Crippen LogP contribution in [0, 0.1) is 0 Å². The first kappa shape index (κ1) is 13.3. The molecular weight excluding hydrogens is 252 g/mol. The normalized spacial score (nSPS) is 24.8. The Hall–Kier alpha value is -1.11. The number of ether oxygens (including phenoxy) is 1. The van der Waals surface area contributed by atoms with E-state index in [9.17, 15) is 8.42 Å². The summed E-state index contributed by atoms with van der Waals surface area (Å²) in [5, 5.41) is 8.43. The van der Waals surface area contributed by atoms with Crippen molar-refractivity contribution < 1.29 is 13.2 Å². The molecule has 2 unspecified atom stereocenters. The summed E-state index contributed by atoms with van der Waals surface area (Å²) in [4.78, 5) is 0.132. The first-order valence-electron chi connectivity index (χ1n) is 5.96. The van der Waals surface area contributed by atoms with Gasteiger partial charge in [0, 0.05) is 18.3 Å². The molecule has 0 amide bonds. The highest BCUT2D eigenvalue weighted by Crippen LogP contribution is 2.20. The van der Waals surface area contributed by atoms with Gasteiger partial charge in [0.1, 0.15) is 0 Å². The van der Waals surface area contributed by atoms with E-state index in [2.05, 4.69) is 5.32 Å². The Kier molecular flexibility index (Phi) is 3.89. The van der Waals surface area contributed by atoms with E-state index in [1.165, 1.54) is 6.07 Å². The lowest BCUT2D eigenvalue weighted by Gasteiger charge is -2.28. The summed E-state index contributed by atoms with van der Waals surface area (Å²) in [6, 6.07) is 6.90. The molecule has 1 aromatic rings. The summed E-state index contributed by atoms with van der Waals surface area (Å²) >= 11 is 0. The third kappa shape index (κ3) is 3.44. The fraction of sp³-hybridized carbons (Fsp3) is 0.500. The van der Waals surface area contributed by atoms with E-state index >= 15 is 0 Å². The highest BCUT2D eigenvalue weighted by atomic mass is 32.2. The number of benzene rings is 1. The Bertz CT molecular complexity index is 516. The summed E-state index contributed by atoms with van der Waals surface area (Å²) < 4.78 is 28.0. The van der Waals surface area contributed by atoms with Crippen molar-refractivity contribution in [2.24, 2.45) is 5.14 Å². The molecule has 3 N–H and O–H groups in total. The van der Waals surface area contributed by atoms with Gasteiger partial charge in [-0.3, -0.25) is 0 Å². The van der Waals surface area contributed by atoms with Crippen LogP contribution in [0.5, 0.6) is 0 Å². The number of hydrogen-bond donors (Lipinski definition) is 2. The second-order valence-corrected chi connectivity index (χ2v) is 6.18. The number of primary sulfonamides is 1. The highest BCUT2D eigenvalue weighted by Gasteiger charge is 2.19. The summed E-state index contributed by atoms with van der Waals surface area (Å²) in [6.45, 7) is 2.77. The maximum Gasteiger partial charge on any atom is 0.238 e. The van der Waals surface area contributed by atoms with Gasteiger partial charge in [-0.25, -0.2) is 13.6 Å². The van der Waals surface area contributed by atoms with Gasteiger partial charge in [-0.05, 0) is 38.0 Å². The SMILES string of the molecule is CC1CC(Nc2cccc(S(N)(=O)=O)c2)CCO1. The first-order valence-corrected chi connectivity index (χ1v) is 7.51. The van der Waals surface area contributed by atoms with E-state index < -0.39 is 10.0 Å². The van der Waals surface area contributed by atoms with Gasteiger partial charge in [-0.15, -0.1) is 0 Å². The third-order valence-electron chi connectivity index (χ3n) is 3.02. The van der Waals surface area contributed by atoms with Crippen LogP contribution in [-0.4, -0.2) is 27.2 Å².